The fraction of sp³-hybridized carbons (Fsp3) is 0.118. The Balaban J connectivity index is 1.93. The van der Waals surface area contributed by atoms with E-state index in [2.05, 4.69) is 4.98 Å². The van der Waals surface area contributed by atoms with E-state index in [4.69, 9.17) is 37.1 Å². The van der Waals surface area contributed by atoms with Crippen molar-refractivity contribution in [3.63, 3.8) is 0 Å². The van der Waals surface area contributed by atoms with Gasteiger partial charge in [-0.25, -0.2) is 4.98 Å². The van der Waals surface area contributed by atoms with Crippen molar-refractivity contribution in [1.29, 1.82) is 0 Å². The van der Waals surface area contributed by atoms with E-state index in [9.17, 15) is 0 Å². The molecular formula is C17H13Cl2NO3. The molecular weight excluding hydrogens is 337 g/mol. The molecule has 0 unspecified atom stereocenters. The fourth-order valence-corrected chi connectivity index (χ4v) is 2.65. The smallest absolute Gasteiger partial charge is 0.220 e. The minimum Gasteiger partial charge on any atom is -0.493 e. The molecule has 1 aromatic heterocycles. The normalized spacial score (nSPS) is 11.3. The Morgan fingerprint density at radius 1 is 1.04 bits per heavy atom. The number of benzene rings is 2. The molecule has 4 nitrogen and oxygen atoms in total. The number of fused-ring (bicyclic) bond motifs is 1. The number of hydrogen-bond donors (Lipinski definition) is 0. The molecule has 0 bridgehead atoms. The lowest BCUT2D eigenvalue weighted by Gasteiger charge is -2.09. The Kier molecular flexibility index (Phi) is 4.46. The second-order valence-electron chi connectivity index (χ2n) is 4.74. The van der Waals surface area contributed by atoms with Crippen LogP contribution < -0.4 is 9.47 Å². The summed E-state index contributed by atoms with van der Waals surface area (Å²) in [7, 11) is 3.11. The fourth-order valence-electron chi connectivity index (χ4n) is 2.19. The van der Waals surface area contributed by atoms with Crippen LogP contribution in [0.2, 0.25) is 10.0 Å². The topological polar surface area (TPSA) is 44.5 Å². The molecule has 2 aromatic carbocycles. The number of rotatable bonds is 4. The molecule has 23 heavy (non-hydrogen) atoms. The quantitative estimate of drug-likeness (QED) is 0.639. The summed E-state index contributed by atoms with van der Waals surface area (Å²) in [5.74, 6) is 1.54. The van der Waals surface area contributed by atoms with Gasteiger partial charge in [-0.05, 0) is 42.0 Å². The minimum absolute atomic E-state index is 0.468. The summed E-state index contributed by atoms with van der Waals surface area (Å²) in [5.41, 5.74) is 2.23. The molecule has 0 saturated heterocycles. The molecule has 0 aliphatic heterocycles. The van der Waals surface area contributed by atoms with Crippen LogP contribution in [-0.4, -0.2) is 19.2 Å². The number of hydrogen-bond acceptors (Lipinski definition) is 4. The number of aromatic nitrogens is 1. The molecule has 0 fully saturated rings. The third kappa shape index (κ3) is 3.28. The average molecular weight is 350 g/mol. The van der Waals surface area contributed by atoms with Gasteiger partial charge < -0.3 is 13.9 Å². The lowest BCUT2D eigenvalue weighted by molar-refractivity contribution is 0.355. The van der Waals surface area contributed by atoms with E-state index < -0.39 is 0 Å². The zero-order valence-corrected chi connectivity index (χ0v) is 14.0. The summed E-state index contributed by atoms with van der Waals surface area (Å²) >= 11 is 12.1. The maximum Gasteiger partial charge on any atom is 0.220 e. The first-order chi connectivity index (χ1) is 11.1. The molecule has 3 rings (SSSR count). The van der Waals surface area contributed by atoms with E-state index in [1.807, 2.05) is 12.1 Å². The van der Waals surface area contributed by atoms with E-state index in [-0.39, 0.29) is 0 Å². The minimum atomic E-state index is 0.468. The van der Waals surface area contributed by atoms with Crippen LogP contribution in [0.5, 0.6) is 11.5 Å². The van der Waals surface area contributed by atoms with Gasteiger partial charge in [0.15, 0.2) is 17.1 Å². The van der Waals surface area contributed by atoms with Gasteiger partial charge in [0.1, 0.15) is 5.52 Å². The van der Waals surface area contributed by atoms with Crippen molar-refractivity contribution in [2.75, 3.05) is 14.2 Å². The molecule has 0 amide bonds. The predicted octanol–water partition coefficient (Wildman–Crippen LogP) is 5.32. The van der Waals surface area contributed by atoms with Gasteiger partial charge in [-0.2, -0.15) is 0 Å². The zero-order valence-electron chi connectivity index (χ0n) is 12.5. The number of nitrogens with zero attached hydrogens (tertiary/aromatic N) is 1. The summed E-state index contributed by atoms with van der Waals surface area (Å²) in [6, 6.07) is 8.90. The molecule has 6 heteroatoms. The Hall–Kier alpha value is -2.17. The number of ether oxygens (including phenoxy) is 2. The van der Waals surface area contributed by atoms with E-state index in [1.54, 1.807) is 44.6 Å². The molecule has 0 radical (unpaired) electrons. The van der Waals surface area contributed by atoms with Gasteiger partial charge in [0.25, 0.3) is 0 Å². The van der Waals surface area contributed by atoms with E-state index in [0.29, 0.717) is 38.5 Å². The van der Waals surface area contributed by atoms with Crippen LogP contribution in [0.3, 0.4) is 0 Å². The van der Waals surface area contributed by atoms with Crippen molar-refractivity contribution >= 4 is 46.5 Å². The molecule has 118 valence electrons. The van der Waals surface area contributed by atoms with Crippen LogP contribution in [0, 0.1) is 0 Å². The van der Waals surface area contributed by atoms with Gasteiger partial charge in [0.2, 0.25) is 5.89 Å². The van der Waals surface area contributed by atoms with Crippen molar-refractivity contribution in [1.82, 2.24) is 4.98 Å². The maximum atomic E-state index is 6.18. The summed E-state index contributed by atoms with van der Waals surface area (Å²) in [6.45, 7) is 0. The molecule has 0 aliphatic carbocycles. The third-order valence-corrected chi connectivity index (χ3v) is 3.76. The van der Waals surface area contributed by atoms with Crippen molar-refractivity contribution in [2.24, 2.45) is 0 Å². The lowest BCUT2D eigenvalue weighted by Crippen LogP contribution is -1.92. The first-order valence-electron chi connectivity index (χ1n) is 6.76. The van der Waals surface area contributed by atoms with Crippen molar-refractivity contribution in [3.05, 3.63) is 51.8 Å². The summed E-state index contributed by atoms with van der Waals surface area (Å²) in [6.07, 6.45) is 3.59. The Bertz CT molecular complexity index is 887. The van der Waals surface area contributed by atoms with Gasteiger partial charge in [-0.1, -0.05) is 23.2 Å². The Morgan fingerprint density at radius 3 is 2.61 bits per heavy atom. The highest BCUT2D eigenvalue weighted by Gasteiger charge is 2.10. The molecule has 1 heterocycles. The largest absolute Gasteiger partial charge is 0.493 e. The van der Waals surface area contributed by atoms with E-state index in [1.165, 1.54) is 0 Å². The molecule has 0 atom stereocenters. The molecule has 0 N–H and O–H groups in total. The zero-order chi connectivity index (χ0) is 16.4. The van der Waals surface area contributed by atoms with E-state index in [0.717, 1.165) is 5.56 Å². The van der Waals surface area contributed by atoms with Gasteiger partial charge in [-0.15, -0.1) is 0 Å². The van der Waals surface area contributed by atoms with Gasteiger partial charge >= 0.3 is 0 Å². The summed E-state index contributed by atoms with van der Waals surface area (Å²) in [5, 5.41) is 1.09. The second kappa shape index (κ2) is 6.52. The van der Waals surface area contributed by atoms with Crippen LogP contribution in [0.25, 0.3) is 23.3 Å². The molecule has 0 saturated carbocycles. The van der Waals surface area contributed by atoms with E-state index >= 15 is 0 Å². The van der Waals surface area contributed by atoms with Crippen molar-refractivity contribution < 1.29 is 13.9 Å². The number of oxazole rings is 1. The first kappa shape index (κ1) is 15.7. The molecule has 0 spiro atoms. The van der Waals surface area contributed by atoms with Crippen molar-refractivity contribution in [3.8, 4) is 11.5 Å². The Labute approximate surface area is 143 Å². The highest BCUT2D eigenvalue weighted by atomic mass is 35.5. The maximum absolute atomic E-state index is 6.18. The van der Waals surface area contributed by atoms with Crippen LogP contribution in [0.1, 0.15) is 11.5 Å². The monoisotopic (exact) mass is 349 g/mol. The predicted molar refractivity (Wildman–Crippen MR) is 92.5 cm³/mol. The number of methoxy groups -OCH3 is 2. The second-order valence-corrected chi connectivity index (χ2v) is 5.58. The third-order valence-electron chi connectivity index (χ3n) is 3.24. The number of halogens is 2. The van der Waals surface area contributed by atoms with Crippen LogP contribution in [0.15, 0.2) is 34.7 Å². The summed E-state index contributed by atoms with van der Waals surface area (Å²) in [4.78, 5) is 4.36. The van der Waals surface area contributed by atoms with Crippen LogP contribution in [0.4, 0.5) is 0 Å². The lowest BCUT2D eigenvalue weighted by atomic mass is 10.2. The van der Waals surface area contributed by atoms with Crippen LogP contribution in [-0.2, 0) is 0 Å². The standard InChI is InChI=1S/C17H13Cl2NO3/c1-21-15-8-10(7-12(19)17(15)22-2)3-6-16-20-13-9-11(18)4-5-14(13)23-16/h3-9H,1-2H3/b6-3+. The SMILES string of the molecule is COc1cc(/C=C/c2nc3cc(Cl)ccc3o2)cc(Cl)c1OC. The molecule has 3 aromatic rings. The average Bonchev–Trinajstić information content (AvgIpc) is 2.94. The Morgan fingerprint density at radius 2 is 1.87 bits per heavy atom. The van der Waals surface area contributed by atoms with Gasteiger partial charge in [0, 0.05) is 11.1 Å². The highest BCUT2D eigenvalue weighted by Crippen LogP contribution is 2.36. The highest BCUT2D eigenvalue weighted by molar-refractivity contribution is 6.32. The van der Waals surface area contributed by atoms with Crippen molar-refractivity contribution in [2.45, 2.75) is 0 Å². The van der Waals surface area contributed by atoms with Crippen LogP contribution >= 0.6 is 23.2 Å². The molecule has 0 aliphatic rings. The summed E-state index contributed by atoms with van der Waals surface area (Å²) < 4.78 is 16.1. The first-order valence-corrected chi connectivity index (χ1v) is 7.52. The van der Waals surface area contributed by atoms with Gasteiger partial charge in [0.05, 0.1) is 19.2 Å². The van der Waals surface area contributed by atoms with Gasteiger partial charge in [-0.3, -0.25) is 0 Å².